The van der Waals surface area contributed by atoms with Crippen LogP contribution in [0.1, 0.15) is 12.5 Å². The normalized spacial score (nSPS) is 14.1. The van der Waals surface area contributed by atoms with Gasteiger partial charge in [0.05, 0.1) is 10.6 Å². The molecule has 0 bridgehead atoms. The van der Waals surface area contributed by atoms with Crippen molar-refractivity contribution in [1.82, 2.24) is 0 Å². The van der Waals surface area contributed by atoms with Crippen molar-refractivity contribution in [3.63, 3.8) is 0 Å². The third-order valence-corrected chi connectivity index (χ3v) is 6.67. The molecule has 0 spiro atoms. The summed E-state index contributed by atoms with van der Waals surface area (Å²) in [6, 6.07) is 21.6. The van der Waals surface area contributed by atoms with Crippen LogP contribution in [-0.4, -0.2) is 20.9 Å². The van der Waals surface area contributed by atoms with Gasteiger partial charge in [0.1, 0.15) is 6.54 Å². The summed E-state index contributed by atoms with van der Waals surface area (Å²) < 4.78 is 27.5. The number of fused-ring (bicyclic) bond motifs is 3. The Bertz CT molecular complexity index is 1140. The fourth-order valence-corrected chi connectivity index (χ4v) is 5.06. The molecule has 0 saturated heterocycles. The first-order valence-corrected chi connectivity index (χ1v) is 10.5. The number of nitrogens with zero attached hydrogens (tertiary/aromatic N) is 1. The minimum absolute atomic E-state index is 0.216. The van der Waals surface area contributed by atoms with Gasteiger partial charge < -0.3 is 5.32 Å². The highest BCUT2D eigenvalue weighted by Crippen LogP contribution is 2.42. The van der Waals surface area contributed by atoms with Crippen molar-refractivity contribution in [2.75, 3.05) is 16.2 Å². The quantitative estimate of drug-likeness (QED) is 0.728. The molecule has 6 heteroatoms. The zero-order valence-electron chi connectivity index (χ0n) is 15.4. The maximum absolute atomic E-state index is 13.2. The number of para-hydroxylation sites is 1. The van der Waals surface area contributed by atoms with Crippen LogP contribution in [0.5, 0.6) is 0 Å². The average molecular weight is 392 g/mol. The number of carbonyl (C=O) groups excluding carboxylic acids is 1. The second-order valence-corrected chi connectivity index (χ2v) is 8.45. The number of rotatable bonds is 4. The molecule has 28 heavy (non-hydrogen) atoms. The number of benzene rings is 3. The van der Waals surface area contributed by atoms with Gasteiger partial charge in [-0.25, -0.2) is 8.42 Å². The van der Waals surface area contributed by atoms with Crippen LogP contribution in [0.4, 0.5) is 11.4 Å². The molecule has 1 heterocycles. The molecule has 1 aliphatic heterocycles. The SMILES string of the molecule is CCc1ccc(NC(=O)CN2c3ccccc3-c3ccccc3S2(=O)=O)cc1. The van der Waals surface area contributed by atoms with Crippen LogP contribution < -0.4 is 9.62 Å². The zero-order valence-corrected chi connectivity index (χ0v) is 16.2. The zero-order chi connectivity index (χ0) is 19.7. The van der Waals surface area contributed by atoms with Gasteiger partial charge in [0.25, 0.3) is 10.0 Å². The lowest BCUT2D eigenvalue weighted by Crippen LogP contribution is -2.40. The molecule has 1 amide bonds. The van der Waals surface area contributed by atoms with E-state index in [9.17, 15) is 13.2 Å². The van der Waals surface area contributed by atoms with Crippen molar-refractivity contribution >= 4 is 27.3 Å². The molecule has 0 aliphatic carbocycles. The molecular formula is C22H20N2O3S. The molecule has 4 rings (SSSR count). The fourth-order valence-electron chi connectivity index (χ4n) is 3.41. The number of hydrogen-bond donors (Lipinski definition) is 1. The van der Waals surface area contributed by atoms with Crippen LogP contribution in [0.3, 0.4) is 0 Å². The van der Waals surface area contributed by atoms with Crippen LogP contribution >= 0.6 is 0 Å². The molecule has 142 valence electrons. The van der Waals surface area contributed by atoms with Crippen LogP contribution in [0.15, 0.2) is 77.7 Å². The molecule has 3 aromatic carbocycles. The third kappa shape index (κ3) is 3.16. The highest BCUT2D eigenvalue weighted by Gasteiger charge is 2.35. The smallest absolute Gasteiger partial charge is 0.265 e. The van der Waals surface area contributed by atoms with Crippen molar-refractivity contribution in [2.24, 2.45) is 0 Å². The Hall–Kier alpha value is -3.12. The molecule has 0 saturated carbocycles. The number of nitrogens with one attached hydrogen (secondary N) is 1. The maximum Gasteiger partial charge on any atom is 0.265 e. The van der Waals surface area contributed by atoms with Crippen LogP contribution in [-0.2, 0) is 21.2 Å². The second kappa shape index (κ2) is 7.13. The molecule has 0 fully saturated rings. The van der Waals surface area contributed by atoms with E-state index >= 15 is 0 Å². The molecule has 1 N–H and O–H groups in total. The van der Waals surface area contributed by atoms with Crippen LogP contribution in [0, 0.1) is 0 Å². The van der Waals surface area contributed by atoms with Crippen LogP contribution in [0.25, 0.3) is 11.1 Å². The van der Waals surface area contributed by atoms with Gasteiger partial charge in [-0.05, 0) is 36.2 Å². The van der Waals surface area contributed by atoms with Gasteiger partial charge in [-0.15, -0.1) is 0 Å². The van der Waals surface area contributed by atoms with Gasteiger partial charge in [0.15, 0.2) is 0 Å². The first-order valence-electron chi connectivity index (χ1n) is 9.10. The van der Waals surface area contributed by atoms with E-state index in [0.29, 0.717) is 16.9 Å². The summed E-state index contributed by atoms with van der Waals surface area (Å²) in [7, 11) is -3.82. The maximum atomic E-state index is 13.2. The van der Waals surface area contributed by atoms with Crippen molar-refractivity contribution in [3.05, 3.63) is 78.4 Å². The number of carbonyl (C=O) groups is 1. The van der Waals surface area contributed by atoms with E-state index in [0.717, 1.165) is 12.0 Å². The Kier molecular flexibility index (Phi) is 4.65. The summed E-state index contributed by atoms with van der Waals surface area (Å²) in [5.41, 5.74) is 3.78. The number of sulfonamides is 1. The van der Waals surface area contributed by atoms with Crippen molar-refractivity contribution < 1.29 is 13.2 Å². The van der Waals surface area contributed by atoms with E-state index in [4.69, 9.17) is 0 Å². The standard InChI is InChI=1S/C22H20N2O3S/c1-2-16-11-13-17(14-12-16)23-22(25)15-24-20-9-5-3-7-18(20)19-8-4-6-10-21(19)28(24,26)27/h3-14H,2,15H2,1H3,(H,23,25). The van der Waals surface area contributed by atoms with Crippen molar-refractivity contribution in [1.29, 1.82) is 0 Å². The highest BCUT2D eigenvalue weighted by atomic mass is 32.2. The molecule has 0 unspecified atom stereocenters. The summed E-state index contributed by atoms with van der Waals surface area (Å²) >= 11 is 0. The number of anilines is 2. The van der Waals surface area contributed by atoms with Crippen LogP contribution in [0.2, 0.25) is 0 Å². The summed E-state index contributed by atoms with van der Waals surface area (Å²) in [4.78, 5) is 12.8. The highest BCUT2D eigenvalue weighted by molar-refractivity contribution is 7.93. The van der Waals surface area contributed by atoms with Gasteiger partial charge in [0.2, 0.25) is 5.91 Å². The summed E-state index contributed by atoms with van der Waals surface area (Å²) in [6.07, 6.45) is 0.913. The predicted molar refractivity (Wildman–Crippen MR) is 111 cm³/mol. The average Bonchev–Trinajstić information content (AvgIpc) is 2.72. The number of hydrogen-bond acceptors (Lipinski definition) is 3. The monoisotopic (exact) mass is 392 g/mol. The lowest BCUT2D eigenvalue weighted by molar-refractivity contribution is -0.114. The lowest BCUT2D eigenvalue weighted by atomic mass is 10.0. The number of aryl methyl sites for hydroxylation is 1. The molecular weight excluding hydrogens is 372 g/mol. The largest absolute Gasteiger partial charge is 0.325 e. The van der Waals surface area contributed by atoms with Crippen molar-refractivity contribution in [2.45, 2.75) is 18.2 Å². The van der Waals surface area contributed by atoms with E-state index in [1.54, 1.807) is 30.3 Å². The van der Waals surface area contributed by atoms with Gasteiger partial charge in [-0.1, -0.05) is 55.5 Å². The lowest BCUT2D eigenvalue weighted by Gasteiger charge is -2.31. The summed E-state index contributed by atoms with van der Waals surface area (Å²) in [5, 5.41) is 2.79. The molecule has 1 aliphatic rings. The first kappa shape index (κ1) is 18.3. The third-order valence-electron chi connectivity index (χ3n) is 4.85. The van der Waals surface area contributed by atoms with Crippen molar-refractivity contribution in [3.8, 4) is 11.1 Å². The number of amides is 1. The Labute approximate surface area is 164 Å². The minimum atomic E-state index is -3.82. The predicted octanol–water partition coefficient (Wildman–Crippen LogP) is 4.06. The van der Waals surface area contributed by atoms with E-state index in [-0.39, 0.29) is 17.3 Å². The summed E-state index contributed by atoms with van der Waals surface area (Å²) in [6.45, 7) is 1.77. The molecule has 5 nitrogen and oxygen atoms in total. The Morgan fingerprint density at radius 3 is 2.25 bits per heavy atom. The van der Waals surface area contributed by atoms with Gasteiger partial charge in [0, 0.05) is 16.8 Å². The Morgan fingerprint density at radius 1 is 0.893 bits per heavy atom. The van der Waals surface area contributed by atoms with Gasteiger partial charge in [-0.3, -0.25) is 9.10 Å². The first-order chi connectivity index (χ1) is 13.5. The fraction of sp³-hybridized carbons (Fsp3) is 0.136. The second-order valence-electron chi connectivity index (χ2n) is 6.62. The topological polar surface area (TPSA) is 66.5 Å². The molecule has 0 aromatic heterocycles. The molecule has 3 aromatic rings. The van der Waals surface area contributed by atoms with E-state index in [1.807, 2.05) is 42.5 Å². The van der Waals surface area contributed by atoms with Gasteiger partial charge >= 0.3 is 0 Å². The van der Waals surface area contributed by atoms with E-state index < -0.39 is 10.0 Å². The Balaban J connectivity index is 1.66. The summed E-state index contributed by atoms with van der Waals surface area (Å²) in [5.74, 6) is -0.387. The van der Waals surface area contributed by atoms with Gasteiger partial charge in [-0.2, -0.15) is 0 Å². The Morgan fingerprint density at radius 2 is 1.54 bits per heavy atom. The molecule has 0 radical (unpaired) electrons. The minimum Gasteiger partial charge on any atom is -0.325 e. The van der Waals surface area contributed by atoms with E-state index in [1.165, 1.54) is 9.87 Å². The van der Waals surface area contributed by atoms with E-state index in [2.05, 4.69) is 12.2 Å². The molecule has 0 atom stereocenters.